The molecule has 0 aliphatic heterocycles. The van der Waals surface area contributed by atoms with E-state index >= 15 is 0 Å². The zero-order chi connectivity index (χ0) is 13.9. The lowest BCUT2D eigenvalue weighted by molar-refractivity contribution is 0.478. The van der Waals surface area contributed by atoms with Gasteiger partial charge in [-0.2, -0.15) is 4.99 Å². The SMILES string of the molecule is Fc1ccc(Oc2nc3ccc(N=C=S)cc3s2)cc1. The van der Waals surface area contributed by atoms with E-state index in [1.165, 1.54) is 23.5 Å². The molecule has 0 unspecified atom stereocenters. The lowest BCUT2D eigenvalue weighted by Crippen LogP contribution is -1.82. The maximum Gasteiger partial charge on any atom is 0.279 e. The molecule has 0 saturated carbocycles. The molecular weight excluding hydrogens is 295 g/mol. The number of halogens is 1. The second-order valence-corrected chi connectivity index (χ2v) is 5.07. The van der Waals surface area contributed by atoms with Crippen molar-refractivity contribution in [2.75, 3.05) is 0 Å². The Labute approximate surface area is 123 Å². The van der Waals surface area contributed by atoms with E-state index in [1.54, 1.807) is 12.1 Å². The van der Waals surface area contributed by atoms with Crippen molar-refractivity contribution in [3.8, 4) is 10.9 Å². The standard InChI is InChI=1S/C14H7FN2OS2/c15-9-1-4-11(5-2-9)18-14-17-12-6-3-10(16-8-19)7-13(12)20-14/h1-7H. The molecule has 1 heterocycles. The molecule has 0 saturated heterocycles. The fraction of sp³-hybridized carbons (Fsp3) is 0. The van der Waals surface area contributed by atoms with E-state index in [9.17, 15) is 4.39 Å². The van der Waals surface area contributed by atoms with Crippen molar-refractivity contribution in [2.45, 2.75) is 0 Å². The number of hydrogen-bond donors (Lipinski definition) is 0. The first kappa shape index (κ1) is 12.9. The van der Waals surface area contributed by atoms with E-state index in [2.05, 4.69) is 27.4 Å². The Bertz CT molecular complexity index is 808. The lowest BCUT2D eigenvalue weighted by atomic mass is 10.3. The molecule has 98 valence electrons. The first-order valence-corrected chi connectivity index (χ1v) is 6.89. The highest BCUT2D eigenvalue weighted by molar-refractivity contribution is 7.78. The normalized spacial score (nSPS) is 10.2. The summed E-state index contributed by atoms with van der Waals surface area (Å²) in [6.07, 6.45) is 0. The van der Waals surface area contributed by atoms with E-state index in [-0.39, 0.29) is 5.82 Å². The van der Waals surface area contributed by atoms with Crippen LogP contribution in [0.1, 0.15) is 0 Å². The van der Waals surface area contributed by atoms with Crippen LogP contribution in [0.15, 0.2) is 47.5 Å². The van der Waals surface area contributed by atoms with Gasteiger partial charge in [-0.05, 0) is 54.7 Å². The van der Waals surface area contributed by atoms with E-state index in [0.29, 0.717) is 10.9 Å². The van der Waals surface area contributed by atoms with Crippen LogP contribution in [0.25, 0.3) is 10.2 Å². The van der Waals surface area contributed by atoms with Gasteiger partial charge < -0.3 is 4.74 Å². The van der Waals surface area contributed by atoms with Crippen LogP contribution < -0.4 is 4.74 Å². The molecule has 0 N–H and O–H groups in total. The van der Waals surface area contributed by atoms with Gasteiger partial charge >= 0.3 is 0 Å². The summed E-state index contributed by atoms with van der Waals surface area (Å²) in [5, 5.41) is 2.82. The number of thiocarbonyl (C=S) groups is 1. The number of benzene rings is 2. The molecule has 1 aromatic heterocycles. The van der Waals surface area contributed by atoms with Crippen molar-refractivity contribution in [3.05, 3.63) is 48.3 Å². The van der Waals surface area contributed by atoms with Gasteiger partial charge in [0.25, 0.3) is 5.19 Å². The van der Waals surface area contributed by atoms with Crippen LogP contribution >= 0.6 is 23.6 Å². The quantitative estimate of drug-likeness (QED) is 0.506. The topological polar surface area (TPSA) is 34.5 Å². The molecule has 0 radical (unpaired) electrons. The van der Waals surface area contributed by atoms with Crippen molar-refractivity contribution in [1.82, 2.24) is 4.98 Å². The van der Waals surface area contributed by atoms with Crippen molar-refractivity contribution in [2.24, 2.45) is 4.99 Å². The number of nitrogens with zero attached hydrogens (tertiary/aromatic N) is 2. The van der Waals surface area contributed by atoms with Gasteiger partial charge in [-0.25, -0.2) is 9.37 Å². The van der Waals surface area contributed by atoms with Gasteiger partial charge in [0.05, 0.1) is 21.1 Å². The summed E-state index contributed by atoms with van der Waals surface area (Å²) in [4.78, 5) is 8.27. The number of hydrogen-bond acceptors (Lipinski definition) is 5. The number of ether oxygens (including phenoxy) is 1. The van der Waals surface area contributed by atoms with E-state index in [1.807, 2.05) is 18.2 Å². The third-order valence-electron chi connectivity index (χ3n) is 2.55. The van der Waals surface area contributed by atoms with Crippen LogP contribution in [0.2, 0.25) is 0 Å². The van der Waals surface area contributed by atoms with Gasteiger partial charge in [0, 0.05) is 0 Å². The number of fused-ring (bicyclic) bond motifs is 1. The molecule has 0 aliphatic rings. The summed E-state index contributed by atoms with van der Waals surface area (Å²) < 4.78 is 19.3. The molecule has 0 aliphatic carbocycles. The Balaban J connectivity index is 1.92. The zero-order valence-electron chi connectivity index (χ0n) is 10.0. The average molecular weight is 302 g/mol. The highest BCUT2D eigenvalue weighted by atomic mass is 32.1. The molecule has 3 aromatic rings. The van der Waals surface area contributed by atoms with Crippen molar-refractivity contribution >= 4 is 44.6 Å². The maximum absolute atomic E-state index is 12.8. The summed E-state index contributed by atoms with van der Waals surface area (Å²) >= 11 is 5.96. The van der Waals surface area contributed by atoms with Crippen molar-refractivity contribution in [3.63, 3.8) is 0 Å². The minimum Gasteiger partial charge on any atom is -0.431 e. The zero-order valence-corrected chi connectivity index (χ0v) is 11.7. The molecular formula is C14H7FN2OS2. The van der Waals surface area contributed by atoms with Crippen LogP contribution in [-0.4, -0.2) is 10.1 Å². The summed E-state index contributed by atoms with van der Waals surface area (Å²) in [6.45, 7) is 0. The summed E-state index contributed by atoms with van der Waals surface area (Å²) in [6, 6.07) is 11.3. The van der Waals surface area contributed by atoms with Gasteiger partial charge in [-0.1, -0.05) is 11.3 Å². The first-order valence-electron chi connectivity index (χ1n) is 5.66. The molecule has 3 nitrogen and oxygen atoms in total. The molecule has 3 rings (SSSR count). The largest absolute Gasteiger partial charge is 0.431 e. The minimum absolute atomic E-state index is 0.302. The van der Waals surface area contributed by atoms with Crippen molar-refractivity contribution < 1.29 is 9.13 Å². The van der Waals surface area contributed by atoms with E-state index in [4.69, 9.17) is 4.74 Å². The van der Waals surface area contributed by atoms with Gasteiger partial charge in [-0.15, -0.1) is 0 Å². The van der Waals surface area contributed by atoms with Gasteiger partial charge in [0.15, 0.2) is 0 Å². The molecule has 0 atom stereocenters. The number of rotatable bonds is 3. The highest BCUT2D eigenvalue weighted by Gasteiger charge is 2.06. The molecule has 6 heteroatoms. The Morgan fingerprint density at radius 2 is 2.00 bits per heavy atom. The molecule has 0 spiro atoms. The van der Waals surface area contributed by atoms with Crippen LogP contribution in [0.4, 0.5) is 10.1 Å². The third kappa shape index (κ3) is 2.72. The predicted octanol–water partition coefficient (Wildman–Crippen LogP) is 4.96. The Morgan fingerprint density at radius 3 is 2.75 bits per heavy atom. The molecule has 0 fully saturated rings. The number of aromatic nitrogens is 1. The molecule has 0 bridgehead atoms. The Morgan fingerprint density at radius 1 is 1.20 bits per heavy atom. The smallest absolute Gasteiger partial charge is 0.279 e. The molecule has 2 aromatic carbocycles. The van der Waals surface area contributed by atoms with Crippen LogP contribution in [0.5, 0.6) is 10.9 Å². The summed E-state index contributed by atoms with van der Waals surface area (Å²) in [7, 11) is 0. The highest BCUT2D eigenvalue weighted by Crippen LogP contribution is 2.33. The molecule has 20 heavy (non-hydrogen) atoms. The summed E-state index contributed by atoms with van der Waals surface area (Å²) in [5.41, 5.74) is 1.54. The predicted molar refractivity (Wildman–Crippen MR) is 80.8 cm³/mol. The number of aliphatic imine (C=N–C) groups is 1. The summed E-state index contributed by atoms with van der Waals surface area (Å²) in [5.74, 6) is 0.243. The van der Waals surface area contributed by atoms with Crippen LogP contribution in [-0.2, 0) is 0 Å². The van der Waals surface area contributed by atoms with Crippen LogP contribution in [0.3, 0.4) is 0 Å². The lowest BCUT2D eigenvalue weighted by Gasteiger charge is -1.99. The minimum atomic E-state index is -0.302. The maximum atomic E-state index is 12.8. The first-order chi connectivity index (χ1) is 9.74. The second-order valence-electron chi connectivity index (χ2n) is 3.89. The fourth-order valence-corrected chi connectivity index (χ4v) is 2.63. The Hall–Kier alpha value is -2.14. The van der Waals surface area contributed by atoms with E-state index in [0.717, 1.165) is 15.9 Å². The van der Waals surface area contributed by atoms with Gasteiger partial charge in [-0.3, -0.25) is 0 Å². The van der Waals surface area contributed by atoms with Crippen LogP contribution in [0, 0.1) is 5.82 Å². The second kappa shape index (κ2) is 5.46. The number of thiazole rings is 1. The van der Waals surface area contributed by atoms with Crippen molar-refractivity contribution in [1.29, 1.82) is 0 Å². The third-order valence-corrected chi connectivity index (χ3v) is 3.53. The monoisotopic (exact) mass is 302 g/mol. The fourth-order valence-electron chi connectivity index (χ4n) is 1.66. The van der Waals surface area contributed by atoms with E-state index < -0.39 is 0 Å². The average Bonchev–Trinajstić information content (AvgIpc) is 2.83. The van der Waals surface area contributed by atoms with Gasteiger partial charge in [0.2, 0.25) is 0 Å². The van der Waals surface area contributed by atoms with Gasteiger partial charge in [0.1, 0.15) is 11.6 Å². The number of isothiocyanates is 1. The molecule has 0 amide bonds. The Kier molecular flexibility index (Phi) is 3.52.